The monoisotopic (exact) mass is 468 g/mol. The summed E-state index contributed by atoms with van der Waals surface area (Å²) in [4.78, 5) is 11.5. The topological polar surface area (TPSA) is 86.5 Å². The molecule has 2 aromatic rings. The lowest BCUT2D eigenvalue weighted by atomic mass is 9.98. The van der Waals surface area contributed by atoms with Crippen LogP contribution in [0, 0.1) is 12.5 Å². The van der Waals surface area contributed by atoms with Gasteiger partial charge in [0.2, 0.25) is 5.88 Å². The van der Waals surface area contributed by atoms with Gasteiger partial charge in [-0.3, -0.25) is 4.90 Å². The number of nitrogens with zero attached hydrogens (tertiary/aromatic N) is 5. The van der Waals surface area contributed by atoms with Crippen molar-refractivity contribution in [3.05, 3.63) is 47.2 Å². The first-order valence-electron chi connectivity index (χ1n) is 12.0. The summed E-state index contributed by atoms with van der Waals surface area (Å²) in [7, 11) is 4.01. The Hall–Kier alpha value is -2.75. The van der Waals surface area contributed by atoms with E-state index in [9.17, 15) is 0 Å². The minimum Gasteiger partial charge on any atom is -0.476 e. The maximum absolute atomic E-state index is 8.07. The molecular formula is C25H36N6O3. The average Bonchev–Trinajstić information content (AvgIpc) is 2.85. The van der Waals surface area contributed by atoms with Crippen molar-refractivity contribution in [1.29, 1.82) is 5.53 Å². The first kappa shape index (κ1) is 24.4. The molecule has 9 heteroatoms. The van der Waals surface area contributed by atoms with Crippen molar-refractivity contribution in [2.75, 3.05) is 89.7 Å². The molecule has 34 heavy (non-hydrogen) atoms. The maximum atomic E-state index is 8.07. The molecule has 2 aliphatic rings. The molecule has 2 saturated heterocycles. The number of rotatable bonds is 9. The van der Waals surface area contributed by atoms with Crippen molar-refractivity contribution in [3.8, 4) is 5.88 Å². The molecule has 3 heterocycles. The third-order valence-electron chi connectivity index (χ3n) is 6.31. The summed E-state index contributed by atoms with van der Waals surface area (Å²) >= 11 is 0. The summed E-state index contributed by atoms with van der Waals surface area (Å²) in [6.45, 7) is 9.85. The van der Waals surface area contributed by atoms with Crippen LogP contribution < -0.4 is 14.5 Å². The molecule has 2 aliphatic heterocycles. The second-order valence-corrected chi connectivity index (χ2v) is 8.98. The number of hydrogen-bond acceptors (Lipinski definition) is 9. The van der Waals surface area contributed by atoms with Crippen molar-refractivity contribution in [1.82, 2.24) is 9.88 Å². The SMILES string of the molecule is Cc1ccc(N(C)C)c(C(N=N)c2cc(N3CCOCC3)cc(OCCN3CCOCC3)n2)c1. The molecule has 0 amide bonds. The largest absolute Gasteiger partial charge is 0.476 e. The lowest BCUT2D eigenvalue weighted by Gasteiger charge is -2.30. The Kier molecular flexibility index (Phi) is 8.31. The van der Waals surface area contributed by atoms with E-state index in [1.54, 1.807) is 0 Å². The van der Waals surface area contributed by atoms with Crippen molar-refractivity contribution in [2.45, 2.75) is 13.0 Å². The highest BCUT2D eigenvalue weighted by Crippen LogP contribution is 2.35. The van der Waals surface area contributed by atoms with Gasteiger partial charge >= 0.3 is 0 Å². The molecule has 0 spiro atoms. The summed E-state index contributed by atoms with van der Waals surface area (Å²) < 4.78 is 17.1. The minimum atomic E-state index is -0.514. The predicted octanol–water partition coefficient (Wildman–Crippen LogP) is 3.12. The molecule has 2 fully saturated rings. The van der Waals surface area contributed by atoms with E-state index >= 15 is 0 Å². The van der Waals surface area contributed by atoms with Crippen LogP contribution >= 0.6 is 0 Å². The smallest absolute Gasteiger partial charge is 0.215 e. The molecule has 184 valence electrons. The van der Waals surface area contributed by atoms with Gasteiger partial charge in [0.1, 0.15) is 12.6 Å². The fourth-order valence-corrected chi connectivity index (χ4v) is 4.43. The van der Waals surface area contributed by atoms with Gasteiger partial charge in [0.25, 0.3) is 0 Å². The van der Waals surface area contributed by atoms with E-state index in [1.165, 1.54) is 0 Å². The molecule has 1 atom stereocenters. The molecule has 1 N–H and O–H groups in total. The van der Waals surface area contributed by atoms with E-state index in [2.05, 4.69) is 44.9 Å². The van der Waals surface area contributed by atoms with Gasteiger partial charge in [-0.15, -0.1) is 0 Å². The second kappa shape index (κ2) is 11.6. The molecule has 0 aliphatic carbocycles. The van der Waals surface area contributed by atoms with Crippen LogP contribution in [0.15, 0.2) is 35.4 Å². The van der Waals surface area contributed by atoms with Gasteiger partial charge in [-0.25, -0.2) is 10.5 Å². The van der Waals surface area contributed by atoms with Crippen LogP contribution in [-0.2, 0) is 9.47 Å². The van der Waals surface area contributed by atoms with Gasteiger partial charge in [0.15, 0.2) is 0 Å². The number of anilines is 2. The standard InChI is InChI=1S/C25H36N6O3/c1-19-4-5-23(29(2)3)21(16-19)25(28-26)22-17-20(31-9-13-33-14-10-31)18-24(27-22)34-15-8-30-6-11-32-12-7-30/h4-5,16-18,25-26H,6-15H2,1-3H3. The molecule has 1 unspecified atom stereocenters. The molecule has 4 rings (SSSR count). The Morgan fingerprint density at radius 2 is 1.76 bits per heavy atom. The van der Waals surface area contributed by atoms with E-state index in [0.29, 0.717) is 31.4 Å². The predicted molar refractivity (Wildman–Crippen MR) is 133 cm³/mol. The van der Waals surface area contributed by atoms with Gasteiger partial charge in [-0.1, -0.05) is 17.7 Å². The van der Waals surface area contributed by atoms with Gasteiger partial charge < -0.3 is 24.0 Å². The maximum Gasteiger partial charge on any atom is 0.215 e. The first-order chi connectivity index (χ1) is 16.5. The number of ether oxygens (including phenoxy) is 3. The summed E-state index contributed by atoms with van der Waals surface area (Å²) in [6, 6.07) is 9.79. The highest BCUT2D eigenvalue weighted by molar-refractivity contribution is 5.59. The van der Waals surface area contributed by atoms with E-state index in [0.717, 1.165) is 68.4 Å². The Morgan fingerprint density at radius 3 is 2.44 bits per heavy atom. The zero-order valence-corrected chi connectivity index (χ0v) is 20.5. The summed E-state index contributed by atoms with van der Waals surface area (Å²) in [6.07, 6.45) is 0. The number of morpholine rings is 2. The van der Waals surface area contributed by atoms with Crippen molar-refractivity contribution in [2.24, 2.45) is 5.11 Å². The van der Waals surface area contributed by atoms with Crippen LogP contribution in [-0.4, -0.2) is 89.7 Å². The van der Waals surface area contributed by atoms with Crippen LogP contribution in [0.5, 0.6) is 5.88 Å². The third-order valence-corrected chi connectivity index (χ3v) is 6.31. The van der Waals surface area contributed by atoms with Crippen molar-refractivity contribution >= 4 is 11.4 Å². The van der Waals surface area contributed by atoms with Crippen LogP contribution in [0.25, 0.3) is 0 Å². The van der Waals surface area contributed by atoms with E-state index in [-0.39, 0.29) is 0 Å². The van der Waals surface area contributed by atoms with E-state index < -0.39 is 6.04 Å². The number of pyridine rings is 1. The lowest BCUT2D eigenvalue weighted by Crippen LogP contribution is -2.38. The summed E-state index contributed by atoms with van der Waals surface area (Å²) in [5.74, 6) is 0.569. The molecule has 9 nitrogen and oxygen atoms in total. The molecule has 1 aromatic carbocycles. The first-order valence-corrected chi connectivity index (χ1v) is 12.0. The Bertz CT molecular complexity index is 958. The van der Waals surface area contributed by atoms with E-state index in [1.807, 2.05) is 26.2 Å². The quantitative estimate of drug-likeness (QED) is 0.566. The van der Waals surface area contributed by atoms with Crippen LogP contribution in [0.3, 0.4) is 0 Å². The number of aryl methyl sites for hydroxylation is 1. The number of hydrogen-bond donors (Lipinski definition) is 1. The lowest BCUT2D eigenvalue weighted by molar-refractivity contribution is 0.0320. The third kappa shape index (κ3) is 6.02. The Labute approximate surface area is 202 Å². The normalized spacial score (nSPS) is 17.9. The molecule has 0 radical (unpaired) electrons. The highest BCUT2D eigenvalue weighted by atomic mass is 16.5. The van der Waals surface area contributed by atoms with Gasteiger partial charge in [0, 0.05) is 69.8 Å². The number of benzene rings is 1. The van der Waals surface area contributed by atoms with Crippen LogP contribution in [0.4, 0.5) is 11.4 Å². The van der Waals surface area contributed by atoms with Crippen LogP contribution in [0.2, 0.25) is 0 Å². The second-order valence-electron chi connectivity index (χ2n) is 8.98. The summed E-state index contributed by atoms with van der Waals surface area (Å²) in [5.41, 5.74) is 12.9. The molecule has 0 bridgehead atoms. The molecular weight excluding hydrogens is 432 g/mol. The fraction of sp³-hybridized carbons (Fsp3) is 0.560. The zero-order chi connectivity index (χ0) is 23.9. The fourth-order valence-electron chi connectivity index (χ4n) is 4.43. The van der Waals surface area contributed by atoms with E-state index in [4.69, 9.17) is 24.7 Å². The van der Waals surface area contributed by atoms with Gasteiger partial charge in [0.05, 0.1) is 32.1 Å². The average molecular weight is 469 g/mol. The zero-order valence-electron chi connectivity index (χ0n) is 20.5. The molecule has 1 aromatic heterocycles. The van der Waals surface area contributed by atoms with Crippen molar-refractivity contribution < 1.29 is 14.2 Å². The minimum absolute atomic E-state index is 0.514. The Morgan fingerprint density at radius 1 is 1.06 bits per heavy atom. The van der Waals surface area contributed by atoms with Gasteiger partial charge in [-0.05, 0) is 19.1 Å². The summed E-state index contributed by atoms with van der Waals surface area (Å²) in [5, 5.41) is 4.03. The van der Waals surface area contributed by atoms with Crippen LogP contribution in [0.1, 0.15) is 22.9 Å². The van der Waals surface area contributed by atoms with Gasteiger partial charge in [-0.2, -0.15) is 5.11 Å². The van der Waals surface area contributed by atoms with Crippen molar-refractivity contribution in [3.63, 3.8) is 0 Å². The highest BCUT2D eigenvalue weighted by Gasteiger charge is 2.23. The molecule has 0 saturated carbocycles. The number of aromatic nitrogens is 1. The Balaban J connectivity index is 1.63. The number of nitrogens with one attached hydrogen (secondary N) is 1.